The number of rotatable bonds is 3. The van der Waals surface area contributed by atoms with E-state index in [1.54, 1.807) is 0 Å². The predicted octanol–water partition coefficient (Wildman–Crippen LogP) is -0.359. The van der Waals surface area contributed by atoms with Gasteiger partial charge in [-0.05, 0) is 24.3 Å². The molecule has 11 heteroatoms. The number of primary sulfonamides is 1. The van der Waals surface area contributed by atoms with Crippen molar-refractivity contribution in [2.45, 2.75) is 4.90 Å². The van der Waals surface area contributed by atoms with Crippen LogP contribution < -0.4 is 10.9 Å². The van der Waals surface area contributed by atoms with Gasteiger partial charge in [0.15, 0.2) is 0 Å². The Morgan fingerprint density at radius 2 is 1.61 bits per heavy atom. The minimum atomic E-state index is -4.26. The van der Waals surface area contributed by atoms with Crippen LogP contribution in [0.1, 0.15) is 0 Å². The zero-order valence-corrected chi connectivity index (χ0v) is 10.4. The fraction of sp³-hybridized carbons (Fsp3) is 0. The maximum absolute atomic E-state index is 11.0. The lowest BCUT2D eigenvalue weighted by Gasteiger charge is -1.97. The summed E-state index contributed by atoms with van der Waals surface area (Å²) in [6.07, 6.45) is 0. The van der Waals surface area contributed by atoms with E-state index in [1.807, 2.05) is 0 Å². The lowest BCUT2D eigenvalue weighted by molar-refractivity contribution is 0.597. The monoisotopic (exact) mass is 291 g/mol. The molecule has 1 aromatic rings. The number of nitrogens with zero attached hydrogens (tertiary/aromatic N) is 2. The van der Waals surface area contributed by atoms with Crippen molar-refractivity contribution in [2.75, 3.05) is 0 Å². The van der Waals surface area contributed by atoms with Crippen LogP contribution in [0.25, 0.3) is 0 Å². The fourth-order valence-electron chi connectivity index (χ4n) is 0.847. The zero-order chi connectivity index (χ0) is 14.0. The number of nitrogens with two attached hydrogens (primary N) is 2. The normalized spacial score (nSPS) is 12.7. The molecule has 0 saturated heterocycles. The van der Waals surface area contributed by atoms with Crippen LogP contribution in [-0.2, 0) is 20.0 Å². The summed E-state index contributed by atoms with van der Waals surface area (Å²) in [4.78, 5) is -0.143. The Hall–Kier alpha value is -1.85. The van der Waals surface area contributed by atoms with Gasteiger partial charge in [-0.2, -0.15) is 8.42 Å². The summed E-state index contributed by atoms with van der Waals surface area (Å²) in [7, 11) is -8.08. The summed E-state index contributed by atoms with van der Waals surface area (Å²) in [5.41, 5.74) is 4.84. The maximum atomic E-state index is 11.0. The van der Waals surface area contributed by atoms with E-state index in [1.165, 1.54) is 12.1 Å². The molecule has 0 saturated carbocycles. The second-order valence-electron chi connectivity index (χ2n) is 3.06. The van der Waals surface area contributed by atoms with Gasteiger partial charge >= 0.3 is 10.0 Å². The van der Waals surface area contributed by atoms with Crippen molar-refractivity contribution < 1.29 is 16.8 Å². The molecule has 1 aromatic carbocycles. The van der Waals surface area contributed by atoms with Gasteiger partial charge in [0.1, 0.15) is 0 Å². The van der Waals surface area contributed by atoms with E-state index >= 15 is 0 Å². The first-order valence-corrected chi connectivity index (χ1v) is 7.26. The quantitative estimate of drug-likeness (QED) is 0.391. The van der Waals surface area contributed by atoms with Crippen molar-refractivity contribution in [1.29, 1.82) is 5.41 Å². The van der Waals surface area contributed by atoms with Crippen molar-refractivity contribution >= 4 is 30.9 Å². The van der Waals surface area contributed by atoms with E-state index < -0.39 is 25.2 Å². The predicted molar refractivity (Wildman–Crippen MR) is 63.2 cm³/mol. The van der Waals surface area contributed by atoms with Gasteiger partial charge in [-0.15, -0.1) is 5.11 Å². The molecule has 18 heavy (non-hydrogen) atoms. The summed E-state index contributed by atoms with van der Waals surface area (Å²) in [6, 6.07) is 4.70. The van der Waals surface area contributed by atoms with Crippen molar-refractivity contribution in [3.63, 3.8) is 0 Å². The molecular weight excluding hydrogens is 282 g/mol. The van der Waals surface area contributed by atoms with Crippen LogP contribution in [-0.4, -0.2) is 22.0 Å². The number of nitrogens with one attached hydrogen (secondary N) is 1. The number of hydrogen-bond donors (Lipinski definition) is 3. The topological polar surface area (TPSA) is 169 Å². The molecule has 0 fully saturated rings. The zero-order valence-electron chi connectivity index (χ0n) is 8.81. The highest BCUT2D eigenvalue weighted by Crippen LogP contribution is 2.16. The first kappa shape index (κ1) is 14.2. The first-order valence-electron chi connectivity index (χ1n) is 4.28. The third kappa shape index (κ3) is 3.58. The molecule has 0 unspecified atom stereocenters. The molecule has 9 nitrogen and oxygen atoms in total. The van der Waals surface area contributed by atoms with Gasteiger partial charge in [0.05, 0.1) is 10.6 Å². The molecule has 0 aliphatic carbocycles. The van der Waals surface area contributed by atoms with Gasteiger partial charge in [0.25, 0.3) is 0 Å². The van der Waals surface area contributed by atoms with Crippen molar-refractivity contribution in [2.24, 2.45) is 20.5 Å². The number of benzene rings is 1. The van der Waals surface area contributed by atoms with Crippen LogP contribution >= 0.6 is 0 Å². The summed E-state index contributed by atoms with van der Waals surface area (Å²) in [5.74, 6) is 0. The lowest BCUT2D eigenvalue weighted by Crippen LogP contribution is -2.19. The third-order valence-electron chi connectivity index (χ3n) is 1.71. The van der Waals surface area contributed by atoms with E-state index in [2.05, 4.69) is 9.63 Å². The molecule has 5 N–H and O–H groups in total. The average Bonchev–Trinajstić information content (AvgIpc) is 2.25. The van der Waals surface area contributed by atoms with E-state index in [9.17, 15) is 16.8 Å². The summed E-state index contributed by atoms with van der Waals surface area (Å²) in [5, 5.41) is 13.8. The lowest BCUT2D eigenvalue weighted by atomic mass is 10.3. The summed E-state index contributed by atoms with van der Waals surface area (Å²) < 4.78 is 46.8. The van der Waals surface area contributed by atoms with E-state index in [-0.39, 0.29) is 10.6 Å². The average molecular weight is 291 g/mol. The van der Waals surface area contributed by atoms with Gasteiger partial charge in [-0.1, -0.05) is 4.52 Å². The minimum Gasteiger partial charge on any atom is -0.373 e. The van der Waals surface area contributed by atoms with E-state index in [0.29, 0.717) is 0 Å². The van der Waals surface area contributed by atoms with Crippen LogP contribution in [0.15, 0.2) is 38.8 Å². The smallest absolute Gasteiger partial charge is 0.332 e. The molecule has 0 aliphatic heterocycles. The van der Waals surface area contributed by atoms with Crippen LogP contribution in [0.3, 0.4) is 0 Å². The van der Waals surface area contributed by atoms with Gasteiger partial charge in [0.2, 0.25) is 15.2 Å². The number of amidine groups is 1. The Kier molecular flexibility index (Phi) is 3.79. The second-order valence-corrected chi connectivity index (χ2v) is 6.17. The Labute approximate surface area is 103 Å². The highest BCUT2D eigenvalue weighted by Gasteiger charge is 2.12. The summed E-state index contributed by atoms with van der Waals surface area (Å²) in [6.45, 7) is 0. The SMILES string of the molecule is N=C(N)S(=O)(=O)N=Nc1ccc(S(N)(=O)=O)cc1. The Bertz CT molecular complexity index is 690. The number of hydrogen-bond acceptors (Lipinski definition) is 6. The highest BCUT2D eigenvalue weighted by molar-refractivity contribution is 8.04. The van der Waals surface area contributed by atoms with Crippen LogP contribution in [0.2, 0.25) is 0 Å². The van der Waals surface area contributed by atoms with Crippen LogP contribution in [0.5, 0.6) is 0 Å². The Morgan fingerprint density at radius 3 is 2.00 bits per heavy atom. The van der Waals surface area contributed by atoms with Crippen molar-refractivity contribution in [1.82, 2.24) is 0 Å². The van der Waals surface area contributed by atoms with Crippen LogP contribution in [0.4, 0.5) is 5.69 Å². The van der Waals surface area contributed by atoms with Gasteiger partial charge in [-0.25, -0.2) is 13.6 Å². The molecule has 98 valence electrons. The molecule has 0 bridgehead atoms. The Balaban J connectivity index is 3.03. The third-order valence-corrected chi connectivity index (χ3v) is 3.49. The van der Waals surface area contributed by atoms with E-state index in [4.69, 9.17) is 16.3 Å². The second kappa shape index (κ2) is 4.80. The van der Waals surface area contributed by atoms with Crippen LogP contribution in [0, 0.1) is 5.41 Å². The molecule has 1 rings (SSSR count). The highest BCUT2D eigenvalue weighted by atomic mass is 32.2. The molecule has 0 atom stereocenters. The van der Waals surface area contributed by atoms with Gasteiger partial charge < -0.3 is 5.73 Å². The summed E-state index contributed by atoms with van der Waals surface area (Å²) >= 11 is 0. The molecule has 0 aliphatic rings. The molecule has 0 radical (unpaired) electrons. The Morgan fingerprint density at radius 1 is 1.11 bits per heavy atom. The standard InChI is InChI=1S/C7H9N5O4S2/c8-7(9)18(15,16)12-11-5-1-3-6(4-2-5)17(10,13)14/h1-4H,(H3,8,9)(H2,10,13,14). The number of sulfonamides is 2. The van der Waals surface area contributed by atoms with Crippen molar-refractivity contribution in [3.05, 3.63) is 24.3 Å². The molecule has 0 aromatic heterocycles. The molecule has 0 heterocycles. The van der Waals surface area contributed by atoms with Gasteiger partial charge in [0, 0.05) is 0 Å². The fourth-order valence-corrected chi connectivity index (χ4v) is 1.65. The molecular formula is C7H9N5O4S2. The maximum Gasteiger partial charge on any atom is 0.332 e. The largest absolute Gasteiger partial charge is 0.373 e. The van der Waals surface area contributed by atoms with Crippen molar-refractivity contribution in [3.8, 4) is 0 Å². The van der Waals surface area contributed by atoms with Gasteiger partial charge in [-0.3, -0.25) is 5.41 Å². The molecule has 0 amide bonds. The van der Waals surface area contributed by atoms with E-state index in [0.717, 1.165) is 12.1 Å². The molecule has 0 spiro atoms. The minimum absolute atomic E-state index is 0.0761. The first-order chi connectivity index (χ1) is 8.13.